The van der Waals surface area contributed by atoms with E-state index in [1.807, 2.05) is 25.1 Å². The van der Waals surface area contributed by atoms with Crippen molar-refractivity contribution in [1.82, 2.24) is 5.06 Å². The summed E-state index contributed by atoms with van der Waals surface area (Å²) in [4.78, 5) is 11.8. The van der Waals surface area contributed by atoms with Crippen LogP contribution in [0, 0.1) is 11.8 Å². The van der Waals surface area contributed by atoms with Crippen LogP contribution in [0.3, 0.4) is 0 Å². The van der Waals surface area contributed by atoms with Gasteiger partial charge in [-0.1, -0.05) is 49.4 Å². The van der Waals surface area contributed by atoms with E-state index in [1.54, 1.807) is 0 Å². The van der Waals surface area contributed by atoms with E-state index < -0.39 is 0 Å². The smallest absolute Gasteiger partial charge is 0.249 e. The normalized spacial score (nSPS) is 21.0. The van der Waals surface area contributed by atoms with E-state index >= 15 is 0 Å². The highest BCUT2D eigenvalue weighted by Crippen LogP contribution is 2.28. The number of amides is 1. The van der Waals surface area contributed by atoms with Crippen LogP contribution in [0.5, 0.6) is 0 Å². The summed E-state index contributed by atoms with van der Waals surface area (Å²) in [6.45, 7) is 7.92. The molecule has 0 spiro atoms. The summed E-state index contributed by atoms with van der Waals surface area (Å²) in [5, 5.41) is 10.3. The maximum absolute atomic E-state index is 11.8. The number of nitrogens with zero attached hydrogens (tertiary/aromatic N) is 1. The Hall–Kier alpha value is -1.65. The number of allylic oxidation sites excluding steroid dienone is 1. The molecule has 2 rings (SSSR count). The zero-order valence-electron chi connectivity index (χ0n) is 13.9. The number of hydrogen-bond acceptors (Lipinski definition) is 3. The lowest BCUT2D eigenvalue weighted by atomic mass is 9.90. The average molecular weight is 317 g/mol. The first-order chi connectivity index (χ1) is 11.1. The van der Waals surface area contributed by atoms with Gasteiger partial charge in [-0.3, -0.25) is 10.0 Å². The van der Waals surface area contributed by atoms with Crippen molar-refractivity contribution >= 4 is 5.91 Å². The second-order valence-corrected chi connectivity index (χ2v) is 6.43. The van der Waals surface area contributed by atoms with Crippen LogP contribution < -0.4 is 0 Å². The molecule has 1 heterocycles. The van der Waals surface area contributed by atoms with E-state index in [2.05, 4.69) is 18.7 Å². The summed E-state index contributed by atoms with van der Waals surface area (Å²) < 4.78 is 5.66. The Balaban J connectivity index is 1.56. The Morgan fingerprint density at radius 1 is 1.35 bits per heavy atom. The number of hydroxylamine groups is 2. The molecule has 0 bridgehead atoms. The van der Waals surface area contributed by atoms with Crippen molar-refractivity contribution < 1.29 is 14.7 Å². The van der Waals surface area contributed by atoms with E-state index in [9.17, 15) is 10.0 Å². The van der Waals surface area contributed by atoms with Crippen LogP contribution >= 0.6 is 0 Å². The lowest BCUT2D eigenvalue weighted by Crippen LogP contribution is -2.23. The zero-order chi connectivity index (χ0) is 16.7. The quantitative estimate of drug-likeness (QED) is 0.428. The monoisotopic (exact) mass is 317 g/mol. The van der Waals surface area contributed by atoms with Crippen molar-refractivity contribution in [2.24, 2.45) is 11.8 Å². The number of rotatable bonds is 9. The molecule has 1 N–H and O–H groups in total. The molecule has 0 unspecified atom stereocenters. The van der Waals surface area contributed by atoms with Crippen LogP contribution in [0.25, 0.3) is 0 Å². The second kappa shape index (κ2) is 8.85. The molecule has 1 amide bonds. The Kier molecular flexibility index (Phi) is 6.81. The van der Waals surface area contributed by atoms with E-state index in [1.165, 1.54) is 5.56 Å². The number of carbonyl (C=O) groups is 1. The van der Waals surface area contributed by atoms with Gasteiger partial charge in [-0.15, -0.1) is 0 Å². The van der Waals surface area contributed by atoms with Gasteiger partial charge in [-0.2, -0.15) is 0 Å². The van der Waals surface area contributed by atoms with E-state index in [4.69, 9.17) is 4.74 Å². The minimum absolute atomic E-state index is 0.0638. The number of carbonyl (C=O) groups excluding carboxylic acids is 1. The molecule has 4 nitrogen and oxygen atoms in total. The van der Waals surface area contributed by atoms with Gasteiger partial charge in [0.2, 0.25) is 5.91 Å². The molecule has 0 radical (unpaired) electrons. The molecule has 1 aliphatic heterocycles. The summed E-state index contributed by atoms with van der Waals surface area (Å²) in [5.74, 6) is 0.0112. The summed E-state index contributed by atoms with van der Waals surface area (Å²) in [7, 11) is 0. The largest absolute Gasteiger partial charge is 0.377 e. The summed E-state index contributed by atoms with van der Waals surface area (Å²) in [6, 6.07) is 10.1. The van der Waals surface area contributed by atoms with Crippen LogP contribution in [0.1, 0.15) is 38.2 Å². The highest BCUT2D eigenvalue weighted by Gasteiger charge is 2.36. The van der Waals surface area contributed by atoms with Crippen molar-refractivity contribution in [2.75, 3.05) is 13.2 Å². The van der Waals surface area contributed by atoms with Crippen LogP contribution in [0.4, 0.5) is 0 Å². The van der Waals surface area contributed by atoms with Crippen molar-refractivity contribution in [2.45, 2.75) is 39.2 Å². The Morgan fingerprint density at radius 3 is 2.74 bits per heavy atom. The summed E-state index contributed by atoms with van der Waals surface area (Å²) in [5.41, 5.74) is 2.35. The molecule has 1 aromatic carbocycles. The zero-order valence-corrected chi connectivity index (χ0v) is 13.9. The number of hydrogen-bond donors (Lipinski definition) is 1. The van der Waals surface area contributed by atoms with Crippen LogP contribution in [0.2, 0.25) is 0 Å². The standard InChI is InChI=1S/C19H27NO3/c1-15(10-11-18-16(2)13-20(22)19(18)21)7-6-12-23-14-17-8-4-3-5-9-17/h3-5,8-9,16,18,22H,1,6-7,10-14H2,2H3/t16-,18-/m1/s1. The molecule has 1 saturated heterocycles. The third-order valence-corrected chi connectivity index (χ3v) is 4.46. The Morgan fingerprint density at radius 2 is 2.09 bits per heavy atom. The predicted octanol–water partition coefficient (Wildman–Crippen LogP) is 3.80. The fraction of sp³-hybridized carbons (Fsp3) is 0.526. The fourth-order valence-corrected chi connectivity index (χ4v) is 3.01. The fourth-order valence-electron chi connectivity index (χ4n) is 3.01. The van der Waals surface area contributed by atoms with Crippen LogP contribution in [0.15, 0.2) is 42.5 Å². The Bertz CT molecular complexity index is 515. The number of benzene rings is 1. The van der Waals surface area contributed by atoms with Crippen molar-refractivity contribution in [1.29, 1.82) is 0 Å². The predicted molar refractivity (Wildman–Crippen MR) is 89.9 cm³/mol. The molecule has 1 aromatic rings. The third kappa shape index (κ3) is 5.48. The maximum atomic E-state index is 11.8. The van der Waals surface area contributed by atoms with Crippen LogP contribution in [-0.2, 0) is 16.1 Å². The topological polar surface area (TPSA) is 49.8 Å². The molecular formula is C19H27NO3. The van der Waals surface area contributed by atoms with Gasteiger partial charge in [-0.05, 0) is 37.2 Å². The van der Waals surface area contributed by atoms with Gasteiger partial charge in [0.15, 0.2) is 0 Å². The SMILES string of the molecule is C=C(CCCOCc1ccccc1)CC[C@H]1C(=O)N(O)C[C@H]1C. The first kappa shape index (κ1) is 17.7. The lowest BCUT2D eigenvalue weighted by molar-refractivity contribution is -0.160. The van der Waals surface area contributed by atoms with Gasteiger partial charge >= 0.3 is 0 Å². The molecule has 1 fully saturated rings. The molecule has 1 aliphatic rings. The molecule has 0 saturated carbocycles. The first-order valence-electron chi connectivity index (χ1n) is 8.36. The molecule has 0 aliphatic carbocycles. The number of ether oxygens (including phenoxy) is 1. The van der Waals surface area contributed by atoms with Gasteiger partial charge in [0, 0.05) is 12.5 Å². The highest BCUT2D eigenvalue weighted by atomic mass is 16.5. The molecule has 23 heavy (non-hydrogen) atoms. The third-order valence-electron chi connectivity index (χ3n) is 4.46. The van der Waals surface area contributed by atoms with Crippen molar-refractivity contribution in [3.05, 3.63) is 48.0 Å². The first-order valence-corrected chi connectivity index (χ1v) is 8.36. The minimum atomic E-state index is -0.142. The second-order valence-electron chi connectivity index (χ2n) is 6.43. The highest BCUT2D eigenvalue weighted by molar-refractivity contribution is 5.80. The molecule has 126 valence electrons. The molecule has 0 aromatic heterocycles. The van der Waals surface area contributed by atoms with E-state index in [0.29, 0.717) is 13.2 Å². The average Bonchev–Trinajstić information content (AvgIpc) is 2.79. The van der Waals surface area contributed by atoms with Crippen molar-refractivity contribution in [3.63, 3.8) is 0 Å². The van der Waals surface area contributed by atoms with Crippen LogP contribution in [-0.4, -0.2) is 29.3 Å². The van der Waals surface area contributed by atoms with Gasteiger partial charge < -0.3 is 4.74 Å². The van der Waals surface area contributed by atoms with E-state index in [-0.39, 0.29) is 17.7 Å². The van der Waals surface area contributed by atoms with Gasteiger partial charge in [0.25, 0.3) is 0 Å². The van der Waals surface area contributed by atoms with Gasteiger partial charge in [-0.25, -0.2) is 5.06 Å². The molecule has 2 atom stereocenters. The maximum Gasteiger partial charge on any atom is 0.249 e. The Labute approximate surface area is 138 Å². The minimum Gasteiger partial charge on any atom is -0.377 e. The van der Waals surface area contributed by atoms with Gasteiger partial charge in [0.05, 0.1) is 13.2 Å². The summed E-state index contributed by atoms with van der Waals surface area (Å²) in [6.07, 6.45) is 3.49. The van der Waals surface area contributed by atoms with E-state index in [0.717, 1.165) is 42.9 Å². The molecular weight excluding hydrogens is 290 g/mol. The molecule has 4 heteroatoms. The van der Waals surface area contributed by atoms with Gasteiger partial charge in [0.1, 0.15) is 0 Å². The lowest BCUT2D eigenvalue weighted by Gasteiger charge is -2.13. The summed E-state index contributed by atoms with van der Waals surface area (Å²) >= 11 is 0. The van der Waals surface area contributed by atoms with Crippen molar-refractivity contribution in [3.8, 4) is 0 Å².